The van der Waals surface area contributed by atoms with Gasteiger partial charge in [-0.05, 0) is 60.7 Å². The molecule has 0 spiro atoms. The van der Waals surface area contributed by atoms with Crippen LogP contribution in [0.25, 0.3) is 6.08 Å². The van der Waals surface area contributed by atoms with Gasteiger partial charge in [-0.2, -0.15) is 22.0 Å². The van der Waals surface area contributed by atoms with Crippen molar-refractivity contribution in [2.45, 2.75) is 38.0 Å². The molecule has 29 heavy (non-hydrogen) atoms. The molecule has 0 aliphatic carbocycles. The van der Waals surface area contributed by atoms with Crippen LogP contribution in [0.1, 0.15) is 36.0 Å². The molecule has 0 aliphatic heterocycles. The second-order valence-corrected chi connectivity index (χ2v) is 6.38. The summed E-state index contributed by atoms with van der Waals surface area (Å²) in [6, 6.07) is 10.7. The predicted molar refractivity (Wildman–Crippen MR) is 97.7 cm³/mol. The molecule has 0 amide bonds. The van der Waals surface area contributed by atoms with E-state index < -0.39 is 24.7 Å². The largest absolute Gasteiger partial charge is 0.478 e. The maximum atomic E-state index is 14.3. The van der Waals surface area contributed by atoms with Gasteiger partial charge >= 0.3 is 18.3 Å². The standard InChI is InChI=1S/C21H19F5O3/c22-20(23,24)14-2-1-3-15-4-9-17(10-5-15)21(25,26)29-18-11-6-16(7-12-18)8-13-19(27)28/h4-13H,1-3,14H2,(H,27,28)/b13-8+. The molecule has 0 saturated heterocycles. The first-order valence-electron chi connectivity index (χ1n) is 8.79. The Balaban J connectivity index is 1.94. The number of hydrogen-bond acceptors (Lipinski definition) is 2. The normalized spacial score (nSPS) is 12.3. The first-order chi connectivity index (χ1) is 13.5. The molecule has 0 aliphatic rings. The Morgan fingerprint density at radius 3 is 2.10 bits per heavy atom. The fourth-order valence-corrected chi connectivity index (χ4v) is 2.54. The van der Waals surface area contributed by atoms with Gasteiger partial charge < -0.3 is 9.84 Å². The summed E-state index contributed by atoms with van der Waals surface area (Å²) >= 11 is 0. The average Bonchev–Trinajstić information content (AvgIpc) is 2.64. The Morgan fingerprint density at radius 1 is 0.931 bits per heavy atom. The molecule has 0 radical (unpaired) electrons. The minimum atomic E-state index is -4.19. The van der Waals surface area contributed by atoms with Gasteiger partial charge in [-0.15, -0.1) is 0 Å². The quantitative estimate of drug-likeness (QED) is 0.302. The third-order valence-corrected chi connectivity index (χ3v) is 4.01. The molecule has 1 N–H and O–H groups in total. The summed E-state index contributed by atoms with van der Waals surface area (Å²) in [4.78, 5) is 10.5. The Morgan fingerprint density at radius 2 is 1.55 bits per heavy atom. The second-order valence-electron chi connectivity index (χ2n) is 6.38. The minimum Gasteiger partial charge on any atom is -0.478 e. The van der Waals surface area contributed by atoms with E-state index in [4.69, 9.17) is 9.84 Å². The summed E-state index contributed by atoms with van der Waals surface area (Å²) in [6.07, 6.45) is -5.74. The number of aliphatic carboxylic acids is 1. The number of carboxylic acids is 1. The smallest absolute Gasteiger partial charge is 0.426 e. The molecule has 2 aromatic rings. The molecule has 0 unspecified atom stereocenters. The number of halogens is 5. The molecule has 0 bridgehead atoms. The maximum absolute atomic E-state index is 14.3. The lowest BCUT2D eigenvalue weighted by molar-refractivity contribution is -0.185. The SMILES string of the molecule is O=C(O)/C=C/c1ccc(OC(F)(F)c2ccc(CCCCC(F)(F)F)cc2)cc1. The van der Waals surface area contributed by atoms with Crippen LogP contribution in [0.4, 0.5) is 22.0 Å². The van der Waals surface area contributed by atoms with E-state index in [1.165, 1.54) is 54.6 Å². The van der Waals surface area contributed by atoms with E-state index in [0.717, 1.165) is 6.08 Å². The van der Waals surface area contributed by atoms with Crippen LogP contribution in [0.2, 0.25) is 0 Å². The van der Waals surface area contributed by atoms with Crippen molar-refractivity contribution >= 4 is 12.0 Å². The van der Waals surface area contributed by atoms with Crippen LogP contribution in [0, 0.1) is 0 Å². The summed E-state index contributed by atoms with van der Waals surface area (Å²) < 4.78 is 69.7. The zero-order chi connectivity index (χ0) is 21.5. The molecule has 3 nitrogen and oxygen atoms in total. The number of rotatable bonds is 9. The van der Waals surface area contributed by atoms with Gasteiger partial charge in [0.2, 0.25) is 0 Å². The van der Waals surface area contributed by atoms with Crippen LogP contribution >= 0.6 is 0 Å². The number of ether oxygens (including phenoxy) is 1. The van der Waals surface area contributed by atoms with Crippen LogP contribution in [0.3, 0.4) is 0 Å². The molecule has 0 aromatic heterocycles. The maximum Gasteiger partial charge on any atom is 0.426 e. The molecule has 2 aromatic carbocycles. The molecular weight excluding hydrogens is 395 g/mol. The molecule has 156 valence electrons. The molecular formula is C21H19F5O3. The van der Waals surface area contributed by atoms with Crippen LogP contribution in [0.15, 0.2) is 54.6 Å². The molecule has 0 fully saturated rings. The van der Waals surface area contributed by atoms with E-state index in [0.29, 0.717) is 24.0 Å². The van der Waals surface area contributed by atoms with Crippen molar-refractivity contribution in [1.29, 1.82) is 0 Å². The highest BCUT2D eigenvalue weighted by molar-refractivity contribution is 5.85. The van der Waals surface area contributed by atoms with E-state index >= 15 is 0 Å². The topological polar surface area (TPSA) is 46.5 Å². The number of aryl methyl sites for hydroxylation is 1. The van der Waals surface area contributed by atoms with Crippen molar-refractivity contribution in [2.75, 3.05) is 0 Å². The number of hydrogen-bond donors (Lipinski definition) is 1. The van der Waals surface area contributed by atoms with E-state index in [2.05, 4.69) is 0 Å². The number of unbranched alkanes of at least 4 members (excludes halogenated alkanes) is 1. The highest BCUT2D eigenvalue weighted by Crippen LogP contribution is 2.32. The number of alkyl halides is 5. The predicted octanol–water partition coefficient (Wildman–Crippen LogP) is 6.19. The van der Waals surface area contributed by atoms with Crippen molar-refractivity contribution in [1.82, 2.24) is 0 Å². The van der Waals surface area contributed by atoms with Gasteiger partial charge in [0.25, 0.3) is 0 Å². The molecule has 0 heterocycles. The van der Waals surface area contributed by atoms with Crippen LogP contribution < -0.4 is 4.74 Å². The molecule has 0 saturated carbocycles. The summed E-state index contributed by atoms with van der Waals surface area (Å²) in [6.45, 7) is 0. The van der Waals surface area contributed by atoms with Crippen molar-refractivity contribution in [3.8, 4) is 5.75 Å². The highest BCUT2D eigenvalue weighted by Gasteiger charge is 2.34. The van der Waals surface area contributed by atoms with Gasteiger partial charge in [-0.3, -0.25) is 0 Å². The van der Waals surface area contributed by atoms with Crippen LogP contribution in [-0.4, -0.2) is 17.3 Å². The Hall–Kier alpha value is -2.90. The van der Waals surface area contributed by atoms with Crippen LogP contribution in [-0.2, 0) is 17.3 Å². The Kier molecular flexibility index (Phi) is 7.36. The summed E-state index contributed by atoms with van der Waals surface area (Å²) in [7, 11) is 0. The second kappa shape index (κ2) is 9.54. The first kappa shape index (κ1) is 22.4. The average molecular weight is 414 g/mol. The Bertz CT molecular complexity index is 825. The van der Waals surface area contributed by atoms with Gasteiger partial charge in [0.15, 0.2) is 0 Å². The number of carboxylic acid groups (broad SMARTS) is 1. The third kappa shape index (κ3) is 7.93. The van der Waals surface area contributed by atoms with Gasteiger partial charge in [0, 0.05) is 12.5 Å². The van der Waals surface area contributed by atoms with E-state index in [1.807, 2.05) is 0 Å². The number of carbonyl (C=O) groups is 1. The van der Waals surface area contributed by atoms with Gasteiger partial charge in [-0.1, -0.05) is 24.3 Å². The van der Waals surface area contributed by atoms with Gasteiger partial charge in [0.05, 0.1) is 5.56 Å². The van der Waals surface area contributed by atoms with Crippen molar-refractivity contribution in [3.63, 3.8) is 0 Å². The monoisotopic (exact) mass is 414 g/mol. The van der Waals surface area contributed by atoms with Gasteiger partial charge in [0.1, 0.15) is 5.75 Å². The third-order valence-electron chi connectivity index (χ3n) is 4.01. The van der Waals surface area contributed by atoms with Crippen molar-refractivity contribution < 1.29 is 36.6 Å². The minimum absolute atomic E-state index is 0.0117. The van der Waals surface area contributed by atoms with Crippen LogP contribution in [0.5, 0.6) is 5.75 Å². The van der Waals surface area contributed by atoms with E-state index in [1.54, 1.807) is 0 Å². The fraction of sp³-hybridized carbons (Fsp3) is 0.286. The fourth-order valence-electron chi connectivity index (χ4n) is 2.54. The summed E-state index contributed by atoms with van der Waals surface area (Å²) in [5, 5.41) is 8.56. The lowest BCUT2D eigenvalue weighted by atomic mass is 10.0. The summed E-state index contributed by atoms with van der Waals surface area (Å²) in [5.41, 5.74) is 0.797. The lowest BCUT2D eigenvalue weighted by Crippen LogP contribution is -2.21. The highest BCUT2D eigenvalue weighted by atomic mass is 19.4. The molecule has 0 atom stereocenters. The molecule has 8 heteroatoms. The van der Waals surface area contributed by atoms with Crippen molar-refractivity contribution in [2.24, 2.45) is 0 Å². The van der Waals surface area contributed by atoms with Crippen molar-refractivity contribution in [3.05, 3.63) is 71.3 Å². The lowest BCUT2D eigenvalue weighted by Gasteiger charge is -2.18. The van der Waals surface area contributed by atoms with E-state index in [9.17, 15) is 26.7 Å². The zero-order valence-corrected chi connectivity index (χ0v) is 15.3. The van der Waals surface area contributed by atoms with E-state index in [-0.39, 0.29) is 17.7 Å². The van der Waals surface area contributed by atoms with Gasteiger partial charge in [-0.25, -0.2) is 4.79 Å². The number of benzene rings is 2. The Labute approximate surface area is 164 Å². The molecule has 2 rings (SSSR count). The first-order valence-corrected chi connectivity index (χ1v) is 8.79. The summed E-state index contributed by atoms with van der Waals surface area (Å²) in [5.74, 6) is -1.22. The zero-order valence-electron chi connectivity index (χ0n) is 15.3.